The predicted molar refractivity (Wildman–Crippen MR) is 91.2 cm³/mol. The molecule has 5 nitrogen and oxygen atoms in total. The Balaban J connectivity index is 1.95. The molecule has 1 fully saturated rings. The zero-order chi connectivity index (χ0) is 16.8. The SMILES string of the molecule is Nc1ccc(-c2cn(C3CCC(O)C3)c3ncnc(Cl)c23)c(F)c1. The summed E-state index contributed by atoms with van der Waals surface area (Å²) in [6, 6.07) is 4.68. The molecule has 2 aromatic heterocycles. The summed E-state index contributed by atoms with van der Waals surface area (Å²) in [6.45, 7) is 0. The highest BCUT2D eigenvalue weighted by Crippen LogP contribution is 2.40. The molecule has 1 aliphatic rings. The molecule has 0 aliphatic heterocycles. The van der Waals surface area contributed by atoms with Crippen LogP contribution >= 0.6 is 11.6 Å². The highest BCUT2D eigenvalue weighted by atomic mass is 35.5. The molecule has 3 aromatic rings. The molecule has 24 heavy (non-hydrogen) atoms. The van der Waals surface area contributed by atoms with Crippen LogP contribution in [0, 0.1) is 5.82 Å². The third kappa shape index (κ3) is 2.42. The van der Waals surface area contributed by atoms with Crippen LogP contribution in [0.4, 0.5) is 10.1 Å². The minimum absolute atomic E-state index is 0.110. The first-order valence-electron chi connectivity index (χ1n) is 7.79. The van der Waals surface area contributed by atoms with Crippen molar-refractivity contribution in [2.24, 2.45) is 0 Å². The van der Waals surface area contributed by atoms with Gasteiger partial charge in [0.15, 0.2) is 0 Å². The van der Waals surface area contributed by atoms with Gasteiger partial charge in [-0.05, 0) is 37.5 Å². The number of aliphatic hydroxyl groups excluding tert-OH is 1. The number of aliphatic hydroxyl groups is 1. The molecule has 0 bridgehead atoms. The van der Waals surface area contributed by atoms with Crippen molar-refractivity contribution in [2.75, 3.05) is 5.73 Å². The first-order chi connectivity index (χ1) is 11.5. The number of nitrogen functional groups attached to an aromatic ring is 1. The van der Waals surface area contributed by atoms with Crippen molar-refractivity contribution in [3.05, 3.63) is 41.7 Å². The van der Waals surface area contributed by atoms with E-state index in [0.29, 0.717) is 34.3 Å². The monoisotopic (exact) mass is 346 g/mol. The van der Waals surface area contributed by atoms with Gasteiger partial charge in [0.05, 0.1) is 11.5 Å². The zero-order valence-electron chi connectivity index (χ0n) is 12.8. The fraction of sp³-hybridized carbons (Fsp3) is 0.294. The molecule has 2 atom stereocenters. The quantitative estimate of drug-likeness (QED) is 0.549. The second-order valence-electron chi connectivity index (χ2n) is 6.17. The van der Waals surface area contributed by atoms with Gasteiger partial charge in [-0.25, -0.2) is 14.4 Å². The maximum Gasteiger partial charge on any atom is 0.145 e. The van der Waals surface area contributed by atoms with Crippen LogP contribution in [0.3, 0.4) is 0 Å². The molecular weight excluding hydrogens is 331 g/mol. The third-order valence-corrected chi connectivity index (χ3v) is 4.90. The smallest absolute Gasteiger partial charge is 0.145 e. The summed E-state index contributed by atoms with van der Waals surface area (Å²) in [5.74, 6) is -0.416. The summed E-state index contributed by atoms with van der Waals surface area (Å²) in [5, 5.41) is 10.7. The van der Waals surface area contributed by atoms with E-state index >= 15 is 0 Å². The summed E-state index contributed by atoms with van der Waals surface area (Å²) in [6.07, 6.45) is 5.17. The van der Waals surface area contributed by atoms with Gasteiger partial charge in [-0.2, -0.15) is 0 Å². The average molecular weight is 347 g/mol. The predicted octanol–water partition coefficient (Wildman–Crippen LogP) is 3.56. The van der Waals surface area contributed by atoms with Crippen LogP contribution in [-0.4, -0.2) is 25.7 Å². The lowest BCUT2D eigenvalue weighted by atomic mass is 10.1. The summed E-state index contributed by atoms with van der Waals surface area (Å²) >= 11 is 6.28. The molecule has 3 N–H and O–H groups in total. The van der Waals surface area contributed by atoms with Crippen molar-refractivity contribution in [2.45, 2.75) is 31.4 Å². The molecule has 2 unspecified atom stereocenters. The summed E-state index contributed by atoms with van der Waals surface area (Å²) in [4.78, 5) is 8.38. The van der Waals surface area contributed by atoms with E-state index in [-0.39, 0.29) is 17.3 Å². The highest BCUT2D eigenvalue weighted by molar-refractivity contribution is 6.35. The third-order valence-electron chi connectivity index (χ3n) is 4.62. The molecule has 2 heterocycles. The fourth-order valence-electron chi connectivity index (χ4n) is 3.47. The number of benzene rings is 1. The molecule has 4 rings (SSSR count). The number of nitrogens with two attached hydrogens (primary N) is 1. The minimum Gasteiger partial charge on any atom is -0.399 e. The molecule has 1 aliphatic carbocycles. The van der Waals surface area contributed by atoms with Gasteiger partial charge in [-0.15, -0.1) is 0 Å². The van der Waals surface area contributed by atoms with Crippen LogP contribution in [0.5, 0.6) is 0 Å². The molecule has 0 amide bonds. The van der Waals surface area contributed by atoms with E-state index in [1.165, 1.54) is 12.4 Å². The lowest BCUT2D eigenvalue weighted by Gasteiger charge is -2.12. The lowest BCUT2D eigenvalue weighted by molar-refractivity contribution is 0.178. The largest absolute Gasteiger partial charge is 0.399 e. The Hall–Kier alpha value is -2.18. The van der Waals surface area contributed by atoms with E-state index in [1.54, 1.807) is 12.1 Å². The van der Waals surface area contributed by atoms with Gasteiger partial charge in [0.25, 0.3) is 0 Å². The van der Waals surface area contributed by atoms with Crippen molar-refractivity contribution >= 4 is 28.3 Å². The Kier molecular flexibility index (Phi) is 3.66. The van der Waals surface area contributed by atoms with E-state index in [2.05, 4.69) is 9.97 Å². The lowest BCUT2D eigenvalue weighted by Crippen LogP contribution is -2.06. The van der Waals surface area contributed by atoms with Crippen LogP contribution in [0.1, 0.15) is 25.3 Å². The molecule has 7 heteroatoms. The molecule has 1 aromatic carbocycles. The van der Waals surface area contributed by atoms with Gasteiger partial charge in [-0.3, -0.25) is 0 Å². The van der Waals surface area contributed by atoms with Gasteiger partial charge < -0.3 is 15.4 Å². The van der Waals surface area contributed by atoms with E-state index < -0.39 is 5.82 Å². The Bertz CT molecular complexity index is 926. The summed E-state index contributed by atoms with van der Waals surface area (Å²) in [7, 11) is 0. The van der Waals surface area contributed by atoms with Gasteiger partial charge in [0.1, 0.15) is 22.9 Å². The first-order valence-corrected chi connectivity index (χ1v) is 8.17. The number of hydrogen-bond acceptors (Lipinski definition) is 4. The topological polar surface area (TPSA) is 77.0 Å². The minimum atomic E-state index is -0.416. The van der Waals surface area contributed by atoms with Crippen molar-refractivity contribution in [1.82, 2.24) is 14.5 Å². The van der Waals surface area contributed by atoms with Gasteiger partial charge in [0.2, 0.25) is 0 Å². The number of hydrogen-bond donors (Lipinski definition) is 2. The van der Waals surface area contributed by atoms with Crippen LogP contribution in [0.2, 0.25) is 5.15 Å². The van der Waals surface area contributed by atoms with Crippen LogP contribution in [-0.2, 0) is 0 Å². The van der Waals surface area contributed by atoms with Crippen molar-refractivity contribution in [3.8, 4) is 11.1 Å². The second kappa shape index (κ2) is 5.72. The molecular formula is C17H16ClFN4O. The number of halogens is 2. The van der Waals surface area contributed by atoms with Crippen LogP contribution in [0.15, 0.2) is 30.7 Å². The maximum atomic E-state index is 14.4. The number of fused-ring (bicyclic) bond motifs is 1. The number of anilines is 1. The Labute approximate surface area is 142 Å². The summed E-state index contributed by atoms with van der Waals surface area (Å²) < 4.78 is 16.4. The van der Waals surface area contributed by atoms with Crippen LogP contribution in [0.25, 0.3) is 22.2 Å². The van der Waals surface area contributed by atoms with E-state index in [4.69, 9.17) is 17.3 Å². The maximum absolute atomic E-state index is 14.4. The number of aromatic nitrogens is 3. The Morgan fingerprint density at radius 2 is 2.08 bits per heavy atom. The Morgan fingerprint density at radius 3 is 2.79 bits per heavy atom. The summed E-state index contributed by atoms with van der Waals surface area (Å²) in [5.41, 5.74) is 7.70. The number of rotatable bonds is 2. The van der Waals surface area contributed by atoms with Crippen molar-refractivity contribution < 1.29 is 9.50 Å². The highest BCUT2D eigenvalue weighted by Gasteiger charge is 2.28. The molecule has 0 saturated heterocycles. The van der Waals surface area contributed by atoms with E-state index in [1.807, 2.05) is 10.8 Å². The van der Waals surface area contributed by atoms with Crippen molar-refractivity contribution in [3.63, 3.8) is 0 Å². The fourth-order valence-corrected chi connectivity index (χ4v) is 3.70. The molecule has 0 radical (unpaired) electrons. The van der Waals surface area contributed by atoms with Crippen molar-refractivity contribution in [1.29, 1.82) is 0 Å². The van der Waals surface area contributed by atoms with Gasteiger partial charge >= 0.3 is 0 Å². The average Bonchev–Trinajstić information content (AvgIpc) is 3.12. The van der Waals surface area contributed by atoms with E-state index in [0.717, 1.165) is 12.8 Å². The Morgan fingerprint density at radius 1 is 1.25 bits per heavy atom. The van der Waals surface area contributed by atoms with E-state index in [9.17, 15) is 9.50 Å². The van der Waals surface area contributed by atoms with Gasteiger partial charge in [-0.1, -0.05) is 11.6 Å². The normalized spacial score (nSPS) is 20.8. The standard InChI is InChI=1S/C17H16ClFN4O/c18-16-15-13(12-4-1-9(20)5-14(12)19)7-23(17(15)22-8-21-16)10-2-3-11(24)6-10/h1,4-5,7-8,10-11,24H,2-3,6,20H2. The first kappa shape index (κ1) is 15.4. The molecule has 124 valence electrons. The molecule has 0 spiro atoms. The number of nitrogens with zero attached hydrogens (tertiary/aromatic N) is 3. The van der Waals surface area contributed by atoms with Crippen LogP contribution < -0.4 is 5.73 Å². The van der Waals surface area contributed by atoms with Gasteiger partial charge in [0, 0.05) is 29.1 Å². The zero-order valence-corrected chi connectivity index (χ0v) is 13.5. The molecule has 1 saturated carbocycles. The second-order valence-corrected chi connectivity index (χ2v) is 6.53.